The van der Waals surface area contributed by atoms with Gasteiger partial charge in [0.05, 0.1) is 0 Å². The molecule has 140 valence electrons. The standard InChI is InChI=1S/C22H23NO4/c24-18-14-12-17(13-15-18)22-21(16-8-4-3-5-9-16)23-19(27-22)10-6-1-2-7-11-20(25)26/h3-5,8-9,12-15,24H,1-2,6-7,10-11H2,(H,25,26). The Morgan fingerprint density at radius 2 is 1.59 bits per heavy atom. The molecule has 0 atom stereocenters. The first-order valence-corrected chi connectivity index (χ1v) is 9.20. The highest BCUT2D eigenvalue weighted by Gasteiger charge is 2.16. The molecule has 3 rings (SSSR count). The molecule has 0 unspecified atom stereocenters. The Morgan fingerprint density at radius 3 is 2.30 bits per heavy atom. The molecule has 0 aliphatic carbocycles. The van der Waals surface area contributed by atoms with Crippen molar-refractivity contribution in [2.75, 3.05) is 0 Å². The summed E-state index contributed by atoms with van der Waals surface area (Å²) in [6.07, 6.45) is 4.39. The average molecular weight is 365 g/mol. The molecule has 0 saturated heterocycles. The van der Waals surface area contributed by atoms with Crippen LogP contribution in [-0.2, 0) is 11.2 Å². The number of hydrogen-bond acceptors (Lipinski definition) is 4. The van der Waals surface area contributed by atoms with Gasteiger partial charge in [-0.3, -0.25) is 4.79 Å². The number of aliphatic carboxylic acids is 1. The van der Waals surface area contributed by atoms with Crippen LogP contribution in [0.25, 0.3) is 22.6 Å². The zero-order chi connectivity index (χ0) is 19.1. The number of carbonyl (C=O) groups is 1. The van der Waals surface area contributed by atoms with Crippen LogP contribution in [0.4, 0.5) is 0 Å². The van der Waals surface area contributed by atoms with E-state index in [0.717, 1.165) is 36.1 Å². The lowest BCUT2D eigenvalue weighted by Gasteiger charge is -2.01. The molecular formula is C22H23NO4. The molecule has 27 heavy (non-hydrogen) atoms. The number of aryl methyl sites for hydroxylation is 1. The first-order chi connectivity index (χ1) is 13.1. The van der Waals surface area contributed by atoms with Crippen LogP contribution in [0.1, 0.15) is 38.0 Å². The van der Waals surface area contributed by atoms with E-state index in [2.05, 4.69) is 0 Å². The van der Waals surface area contributed by atoms with E-state index in [9.17, 15) is 9.90 Å². The summed E-state index contributed by atoms with van der Waals surface area (Å²) >= 11 is 0. The van der Waals surface area contributed by atoms with Crippen molar-refractivity contribution < 1.29 is 19.4 Å². The molecule has 0 saturated carbocycles. The second-order valence-electron chi connectivity index (χ2n) is 6.51. The van der Waals surface area contributed by atoms with E-state index >= 15 is 0 Å². The van der Waals surface area contributed by atoms with E-state index in [-0.39, 0.29) is 12.2 Å². The normalized spacial score (nSPS) is 10.8. The largest absolute Gasteiger partial charge is 0.508 e. The molecule has 5 nitrogen and oxygen atoms in total. The Bertz CT molecular complexity index is 869. The number of carboxylic acids is 1. The number of oxazole rings is 1. The van der Waals surface area contributed by atoms with E-state index in [1.165, 1.54) is 0 Å². The highest BCUT2D eigenvalue weighted by atomic mass is 16.4. The molecule has 0 spiro atoms. The Kier molecular flexibility index (Phi) is 6.26. The van der Waals surface area contributed by atoms with Crippen molar-refractivity contribution in [1.29, 1.82) is 0 Å². The molecule has 2 N–H and O–H groups in total. The van der Waals surface area contributed by atoms with E-state index in [4.69, 9.17) is 14.5 Å². The molecule has 0 aliphatic rings. The minimum absolute atomic E-state index is 0.209. The molecule has 0 radical (unpaired) electrons. The fourth-order valence-electron chi connectivity index (χ4n) is 2.98. The molecule has 0 aliphatic heterocycles. The molecule has 2 aromatic carbocycles. The number of phenols is 1. The quantitative estimate of drug-likeness (QED) is 0.503. The summed E-state index contributed by atoms with van der Waals surface area (Å²) in [6.45, 7) is 0. The highest BCUT2D eigenvalue weighted by molar-refractivity contribution is 5.77. The van der Waals surface area contributed by atoms with Crippen molar-refractivity contribution in [2.45, 2.75) is 38.5 Å². The van der Waals surface area contributed by atoms with E-state index in [1.807, 2.05) is 42.5 Å². The number of aromatic nitrogens is 1. The van der Waals surface area contributed by atoms with Crippen molar-refractivity contribution in [3.8, 4) is 28.3 Å². The monoisotopic (exact) mass is 365 g/mol. The van der Waals surface area contributed by atoms with Gasteiger partial charge in [0.2, 0.25) is 0 Å². The van der Waals surface area contributed by atoms with Gasteiger partial charge in [0.25, 0.3) is 0 Å². The third kappa shape index (κ3) is 5.20. The summed E-state index contributed by atoms with van der Waals surface area (Å²) in [4.78, 5) is 15.2. The number of nitrogens with zero attached hydrogens (tertiary/aromatic N) is 1. The maximum atomic E-state index is 10.5. The van der Waals surface area contributed by atoms with Crippen LogP contribution in [-0.4, -0.2) is 21.2 Å². The second-order valence-corrected chi connectivity index (χ2v) is 6.51. The van der Waals surface area contributed by atoms with Gasteiger partial charge < -0.3 is 14.6 Å². The van der Waals surface area contributed by atoms with Crippen molar-refractivity contribution in [1.82, 2.24) is 4.98 Å². The fourth-order valence-corrected chi connectivity index (χ4v) is 2.98. The van der Waals surface area contributed by atoms with Gasteiger partial charge in [0, 0.05) is 24.0 Å². The predicted molar refractivity (Wildman–Crippen MR) is 103 cm³/mol. The molecule has 3 aromatic rings. The molecule has 5 heteroatoms. The SMILES string of the molecule is O=C(O)CCCCCCc1nc(-c2ccccc2)c(-c2ccc(O)cc2)o1. The molecule has 0 bridgehead atoms. The lowest BCUT2D eigenvalue weighted by atomic mass is 10.1. The maximum Gasteiger partial charge on any atom is 0.303 e. The third-order valence-corrected chi connectivity index (χ3v) is 4.38. The minimum atomic E-state index is -0.742. The number of phenolic OH excluding ortho intramolecular Hbond substituents is 1. The van der Waals surface area contributed by atoms with Crippen LogP contribution in [0.2, 0.25) is 0 Å². The van der Waals surface area contributed by atoms with Crippen LogP contribution < -0.4 is 0 Å². The number of carboxylic acid groups (broad SMARTS) is 1. The minimum Gasteiger partial charge on any atom is -0.508 e. The van der Waals surface area contributed by atoms with Crippen LogP contribution in [0.5, 0.6) is 5.75 Å². The zero-order valence-corrected chi connectivity index (χ0v) is 15.1. The van der Waals surface area contributed by atoms with Gasteiger partial charge in [0.1, 0.15) is 11.4 Å². The Balaban J connectivity index is 1.74. The molecule has 1 heterocycles. The van der Waals surface area contributed by atoms with Gasteiger partial charge in [-0.25, -0.2) is 4.98 Å². The molecule has 0 amide bonds. The number of benzene rings is 2. The average Bonchev–Trinajstić information content (AvgIpc) is 3.10. The zero-order valence-electron chi connectivity index (χ0n) is 15.1. The lowest BCUT2D eigenvalue weighted by molar-refractivity contribution is -0.137. The van der Waals surface area contributed by atoms with Gasteiger partial charge in [-0.2, -0.15) is 0 Å². The Labute approximate surface area is 158 Å². The van der Waals surface area contributed by atoms with Crippen LogP contribution in [0.15, 0.2) is 59.0 Å². The summed E-state index contributed by atoms with van der Waals surface area (Å²) < 4.78 is 6.05. The van der Waals surface area contributed by atoms with Gasteiger partial charge in [0.15, 0.2) is 11.7 Å². The lowest BCUT2D eigenvalue weighted by Crippen LogP contribution is -1.94. The Morgan fingerprint density at radius 1 is 0.889 bits per heavy atom. The van der Waals surface area contributed by atoms with Crippen molar-refractivity contribution in [2.24, 2.45) is 0 Å². The van der Waals surface area contributed by atoms with Crippen LogP contribution in [0.3, 0.4) is 0 Å². The van der Waals surface area contributed by atoms with Crippen LogP contribution >= 0.6 is 0 Å². The number of unbranched alkanes of at least 4 members (excludes halogenated alkanes) is 3. The number of rotatable bonds is 9. The molecule has 1 aromatic heterocycles. The summed E-state index contributed by atoms with van der Waals surface area (Å²) in [5, 5.41) is 18.2. The van der Waals surface area contributed by atoms with Gasteiger partial charge >= 0.3 is 5.97 Å². The van der Waals surface area contributed by atoms with Crippen molar-refractivity contribution in [3.63, 3.8) is 0 Å². The van der Waals surface area contributed by atoms with Crippen LogP contribution in [0, 0.1) is 0 Å². The first kappa shape index (κ1) is 18.7. The summed E-state index contributed by atoms with van der Waals surface area (Å²) in [7, 11) is 0. The molecule has 0 fully saturated rings. The van der Waals surface area contributed by atoms with E-state index in [0.29, 0.717) is 24.5 Å². The van der Waals surface area contributed by atoms with E-state index in [1.54, 1.807) is 12.1 Å². The highest BCUT2D eigenvalue weighted by Crippen LogP contribution is 2.33. The third-order valence-electron chi connectivity index (χ3n) is 4.38. The fraction of sp³-hybridized carbons (Fsp3) is 0.273. The first-order valence-electron chi connectivity index (χ1n) is 9.20. The molecular weight excluding hydrogens is 342 g/mol. The Hall–Kier alpha value is -3.08. The predicted octanol–water partition coefficient (Wildman–Crippen LogP) is 5.29. The number of aromatic hydroxyl groups is 1. The van der Waals surface area contributed by atoms with Gasteiger partial charge in [-0.15, -0.1) is 0 Å². The second kappa shape index (κ2) is 9.03. The van der Waals surface area contributed by atoms with E-state index < -0.39 is 5.97 Å². The summed E-state index contributed by atoms with van der Waals surface area (Å²) in [5.41, 5.74) is 2.64. The smallest absolute Gasteiger partial charge is 0.303 e. The van der Waals surface area contributed by atoms with Gasteiger partial charge in [-0.05, 0) is 37.1 Å². The van der Waals surface area contributed by atoms with Crippen molar-refractivity contribution >= 4 is 5.97 Å². The summed E-state index contributed by atoms with van der Waals surface area (Å²) in [5.74, 6) is 0.840. The maximum absolute atomic E-state index is 10.5. The number of hydrogen-bond donors (Lipinski definition) is 2. The summed E-state index contributed by atoms with van der Waals surface area (Å²) in [6, 6.07) is 16.8. The van der Waals surface area contributed by atoms with Gasteiger partial charge in [-0.1, -0.05) is 43.2 Å². The topological polar surface area (TPSA) is 83.6 Å². The van der Waals surface area contributed by atoms with Crippen molar-refractivity contribution in [3.05, 3.63) is 60.5 Å².